The van der Waals surface area contributed by atoms with Gasteiger partial charge in [0.15, 0.2) is 0 Å². The molecular weight excluding hydrogens is 444 g/mol. The third-order valence-electron chi connectivity index (χ3n) is 5.06. The number of aromatic nitrogens is 2. The molecule has 0 bridgehead atoms. The summed E-state index contributed by atoms with van der Waals surface area (Å²) in [4.78, 5) is 29.1. The minimum atomic E-state index is -3.59. The lowest BCUT2D eigenvalue weighted by Gasteiger charge is -2.11. The topological polar surface area (TPSA) is 111 Å². The van der Waals surface area contributed by atoms with Gasteiger partial charge in [-0.15, -0.1) is 0 Å². The first-order chi connectivity index (χ1) is 15.6. The van der Waals surface area contributed by atoms with Crippen molar-refractivity contribution in [2.45, 2.75) is 38.3 Å². The maximum Gasteiger partial charge on any atom is 0.325 e. The van der Waals surface area contributed by atoms with Gasteiger partial charge in [-0.2, -0.15) is 0 Å². The molecule has 0 aliphatic heterocycles. The minimum Gasteiger partial charge on any atom is -0.456 e. The van der Waals surface area contributed by atoms with Gasteiger partial charge in [-0.1, -0.05) is 24.6 Å². The number of amides is 1. The van der Waals surface area contributed by atoms with Crippen LogP contribution in [-0.2, 0) is 32.7 Å². The standard InChI is InChI=1S/C23H28N4O5S/c1-5-11-27-20-10-9-18(33(30,31)26(3)4)13-19(20)25-21(27)15-32-22(28)14-24-23(29)17-8-6-7-16(2)12-17/h6-10,12-13H,5,11,14-15H2,1-4H3,(H,24,29). The number of carbonyl (C=O) groups excluding carboxylic acids is 2. The molecule has 0 unspecified atom stereocenters. The fourth-order valence-corrected chi connectivity index (χ4v) is 4.27. The molecule has 2 aromatic carbocycles. The zero-order chi connectivity index (χ0) is 24.2. The number of imidazole rings is 1. The molecule has 0 fully saturated rings. The smallest absolute Gasteiger partial charge is 0.325 e. The maximum absolute atomic E-state index is 12.4. The lowest BCUT2D eigenvalue weighted by Crippen LogP contribution is -2.30. The molecule has 0 saturated heterocycles. The zero-order valence-electron chi connectivity index (χ0n) is 19.2. The van der Waals surface area contributed by atoms with E-state index in [2.05, 4.69) is 10.3 Å². The maximum atomic E-state index is 12.4. The van der Waals surface area contributed by atoms with Crippen LogP contribution in [0.2, 0.25) is 0 Å². The molecule has 0 radical (unpaired) electrons. The summed E-state index contributed by atoms with van der Waals surface area (Å²) in [6, 6.07) is 11.8. The predicted molar refractivity (Wildman–Crippen MR) is 124 cm³/mol. The first kappa shape index (κ1) is 24.4. The first-order valence-corrected chi connectivity index (χ1v) is 12.0. The number of hydrogen-bond donors (Lipinski definition) is 1. The van der Waals surface area contributed by atoms with Crippen molar-refractivity contribution in [3.8, 4) is 0 Å². The molecule has 0 saturated carbocycles. The Labute approximate surface area is 193 Å². The van der Waals surface area contributed by atoms with E-state index in [1.165, 1.54) is 20.2 Å². The summed E-state index contributed by atoms with van der Waals surface area (Å²) in [6.07, 6.45) is 0.816. The van der Waals surface area contributed by atoms with Crippen LogP contribution in [0.25, 0.3) is 11.0 Å². The number of rotatable bonds is 9. The molecule has 3 rings (SSSR count). The predicted octanol–water partition coefficient (Wildman–Crippen LogP) is 2.48. The largest absolute Gasteiger partial charge is 0.456 e. The summed E-state index contributed by atoms with van der Waals surface area (Å²) in [5.41, 5.74) is 2.68. The van der Waals surface area contributed by atoms with Crippen LogP contribution in [0.1, 0.15) is 35.1 Å². The highest BCUT2D eigenvalue weighted by molar-refractivity contribution is 7.89. The molecule has 1 N–H and O–H groups in total. The summed E-state index contributed by atoms with van der Waals surface area (Å²) >= 11 is 0. The van der Waals surface area contributed by atoms with E-state index in [1.807, 2.05) is 24.5 Å². The average Bonchev–Trinajstić information content (AvgIpc) is 3.12. The number of carbonyl (C=O) groups is 2. The molecule has 3 aromatic rings. The molecule has 33 heavy (non-hydrogen) atoms. The number of nitrogens with zero attached hydrogens (tertiary/aromatic N) is 3. The number of sulfonamides is 1. The lowest BCUT2D eigenvalue weighted by atomic mass is 10.1. The Kier molecular flexibility index (Phi) is 7.50. The molecule has 176 valence electrons. The molecule has 0 spiro atoms. The first-order valence-electron chi connectivity index (χ1n) is 10.6. The van der Waals surface area contributed by atoms with E-state index in [4.69, 9.17) is 4.74 Å². The number of fused-ring (bicyclic) bond motifs is 1. The van der Waals surface area contributed by atoms with Crippen molar-refractivity contribution in [3.05, 3.63) is 59.4 Å². The van der Waals surface area contributed by atoms with Gasteiger partial charge in [0.1, 0.15) is 19.0 Å². The van der Waals surface area contributed by atoms with Gasteiger partial charge in [0.2, 0.25) is 10.0 Å². The Bertz CT molecular complexity index is 1280. The molecule has 10 heteroatoms. The van der Waals surface area contributed by atoms with E-state index in [0.717, 1.165) is 21.8 Å². The Morgan fingerprint density at radius 1 is 1.15 bits per heavy atom. The van der Waals surface area contributed by atoms with Crippen LogP contribution in [0.3, 0.4) is 0 Å². The molecule has 9 nitrogen and oxygen atoms in total. The van der Waals surface area contributed by atoms with Crippen LogP contribution in [0.4, 0.5) is 0 Å². The highest BCUT2D eigenvalue weighted by Gasteiger charge is 2.20. The fourth-order valence-electron chi connectivity index (χ4n) is 3.35. The van der Waals surface area contributed by atoms with Crippen LogP contribution in [0.15, 0.2) is 47.4 Å². The number of esters is 1. The molecule has 1 heterocycles. The Morgan fingerprint density at radius 2 is 1.91 bits per heavy atom. The quantitative estimate of drug-likeness (QED) is 0.479. The van der Waals surface area contributed by atoms with Gasteiger partial charge in [0.25, 0.3) is 5.91 Å². The number of aryl methyl sites for hydroxylation is 2. The van der Waals surface area contributed by atoms with E-state index in [1.54, 1.807) is 30.3 Å². The van der Waals surface area contributed by atoms with Crippen molar-refractivity contribution < 1.29 is 22.7 Å². The molecule has 0 atom stereocenters. The highest BCUT2D eigenvalue weighted by atomic mass is 32.2. The second-order valence-corrected chi connectivity index (χ2v) is 9.98. The van der Waals surface area contributed by atoms with Crippen LogP contribution in [-0.4, -0.2) is 54.8 Å². The van der Waals surface area contributed by atoms with Crippen molar-refractivity contribution in [2.24, 2.45) is 0 Å². The zero-order valence-corrected chi connectivity index (χ0v) is 20.0. The van der Waals surface area contributed by atoms with E-state index in [9.17, 15) is 18.0 Å². The Balaban J connectivity index is 1.71. The van der Waals surface area contributed by atoms with E-state index in [-0.39, 0.29) is 24.0 Å². The van der Waals surface area contributed by atoms with Gasteiger partial charge in [-0.05, 0) is 43.7 Å². The molecule has 1 amide bonds. The third kappa shape index (κ3) is 5.58. The number of ether oxygens (including phenoxy) is 1. The van der Waals surface area contributed by atoms with Gasteiger partial charge in [-0.25, -0.2) is 17.7 Å². The third-order valence-corrected chi connectivity index (χ3v) is 6.87. The minimum absolute atomic E-state index is 0.0937. The summed E-state index contributed by atoms with van der Waals surface area (Å²) < 4.78 is 33.3. The van der Waals surface area contributed by atoms with Gasteiger partial charge >= 0.3 is 5.97 Å². The molecule has 0 aliphatic carbocycles. The second-order valence-electron chi connectivity index (χ2n) is 7.83. The highest BCUT2D eigenvalue weighted by Crippen LogP contribution is 2.23. The number of nitrogens with one attached hydrogen (secondary N) is 1. The number of benzene rings is 2. The van der Waals surface area contributed by atoms with Gasteiger partial charge in [-0.3, -0.25) is 9.59 Å². The molecule has 1 aromatic heterocycles. The van der Waals surface area contributed by atoms with Crippen molar-refractivity contribution in [1.82, 2.24) is 19.2 Å². The second kappa shape index (κ2) is 10.1. The number of hydrogen-bond acceptors (Lipinski definition) is 6. The average molecular weight is 473 g/mol. The summed E-state index contributed by atoms with van der Waals surface area (Å²) in [5.74, 6) is -0.449. The molecular formula is C23H28N4O5S. The van der Waals surface area contributed by atoms with Gasteiger partial charge in [0, 0.05) is 26.2 Å². The van der Waals surface area contributed by atoms with Crippen LogP contribution < -0.4 is 5.32 Å². The van der Waals surface area contributed by atoms with E-state index < -0.39 is 16.0 Å². The Hall–Kier alpha value is -3.24. The van der Waals surface area contributed by atoms with Gasteiger partial charge in [0.05, 0.1) is 15.9 Å². The lowest BCUT2D eigenvalue weighted by molar-refractivity contribution is -0.144. The van der Waals surface area contributed by atoms with Crippen LogP contribution in [0, 0.1) is 6.92 Å². The van der Waals surface area contributed by atoms with E-state index in [0.29, 0.717) is 23.4 Å². The van der Waals surface area contributed by atoms with E-state index >= 15 is 0 Å². The normalized spacial score (nSPS) is 11.7. The van der Waals surface area contributed by atoms with Crippen molar-refractivity contribution >= 4 is 32.9 Å². The SMILES string of the molecule is CCCn1c(COC(=O)CNC(=O)c2cccc(C)c2)nc2cc(S(=O)(=O)N(C)C)ccc21. The van der Waals surface area contributed by atoms with Crippen LogP contribution in [0.5, 0.6) is 0 Å². The van der Waals surface area contributed by atoms with Crippen LogP contribution >= 0.6 is 0 Å². The monoisotopic (exact) mass is 472 g/mol. The van der Waals surface area contributed by atoms with Crippen molar-refractivity contribution in [2.75, 3.05) is 20.6 Å². The van der Waals surface area contributed by atoms with Crippen molar-refractivity contribution in [1.29, 1.82) is 0 Å². The Morgan fingerprint density at radius 3 is 2.58 bits per heavy atom. The summed E-state index contributed by atoms with van der Waals surface area (Å²) in [6.45, 7) is 4.16. The molecule has 0 aliphatic rings. The van der Waals surface area contributed by atoms with Crippen molar-refractivity contribution in [3.63, 3.8) is 0 Å². The van der Waals surface area contributed by atoms with Gasteiger partial charge < -0.3 is 14.6 Å². The fraction of sp³-hybridized carbons (Fsp3) is 0.348. The summed E-state index contributed by atoms with van der Waals surface area (Å²) in [5, 5.41) is 2.55. The summed E-state index contributed by atoms with van der Waals surface area (Å²) in [7, 11) is -0.652.